The Morgan fingerprint density at radius 2 is 1.57 bits per heavy atom. The second-order valence-corrected chi connectivity index (χ2v) is 10.1. The molecule has 2 aliphatic heterocycles. The van der Waals surface area contributed by atoms with E-state index in [1.165, 1.54) is 30.3 Å². The smallest absolute Gasteiger partial charge is 0.209 e. The van der Waals surface area contributed by atoms with Crippen LogP contribution in [-0.2, 0) is 14.3 Å². The van der Waals surface area contributed by atoms with Crippen molar-refractivity contribution in [2.24, 2.45) is 0 Å². The van der Waals surface area contributed by atoms with Gasteiger partial charge in [-0.3, -0.25) is 9.59 Å². The van der Waals surface area contributed by atoms with Crippen LogP contribution in [0, 0.1) is 0 Å². The van der Waals surface area contributed by atoms with E-state index in [0.29, 0.717) is 11.6 Å². The molecule has 2 saturated heterocycles. The number of carbonyl (C=O) groups is 2. The minimum atomic E-state index is -3.32. The number of allylic oxidation sites excluding steroid dienone is 2. The average Bonchev–Trinajstić information content (AvgIpc) is 3.26. The average molecular weight is 594 g/mol. The lowest BCUT2D eigenvalue weighted by Crippen LogP contribution is -2.69. The lowest BCUT2D eigenvalue weighted by atomic mass is 9.70. The highest BCUT2D eigenvalue weighted by atomic mass is 16.6. The molecular formula is C27H31NO14. The van der Waals surface area contributed by atoms with E-state index in [1.807, 2.05) is 0 Å². The molecule has 1 aliphatic carbocycles. The molecule has 2 heterocycles. The standard InChI is InChI=1S/C27H31NO14/c29-8-13-20(35)22(37)18(28-13)19(34)12-7-15(33)17(14(32)6-3-10-1-4-11(31)5-2-10)25(40)27(12,41)26-24(39)23(38)21(36)16(9-30)42-26/h1-7,13,16,20-24,26,28-32,34-39,41H,8-9H2/b6-3+,17-14+,19-18-/t13?,16?,20?,21-,22?,23+,24?,26-,27?/m1/s1. The first kappa shape index (κ1) is 31.3. The summed E-state index contributed by atoms with van der Waals surface area (Å²) in [6, 6.07) is 4.32. The summed E-state index contributed by atoms with van der Waals surface area (Å²) in [6.07, 6.45) is -11.2. The molecule has 2 fully saturated rings. The van der Waals surface area contributed by atoms with Crippen LogP contribution in [0.1, 0.15) is 5.56 Å². The topological polar surface area (TPSA) is 278 Å². The molecule has 0 radical (unpaired) electrons. The van der Waals surface area contributed by atoms with Crippen molar-refractivity contribution >= 4 is 17.6 Å². The van der Waals surface area contributed by atoms with Gasteiger partial charge in [-0.05, 0) is 29.8 Å². The molecule has 0 saturated carbocycles. The first-order valence-corrected chi connectivity index (χ1v) is 12.7. The van der Waals surface area contributed by atoms with Crippen LogP contribution in [0.2, 0.25) is 0 Å². The van der Waals surface area contributed by atoms with Crippen molar-refractivity contribution in [2.45, 2.75) is 54.4 Å². The minimum Gasteiger partial charge on any atom is -0.508 e. The number of aromatic hydroxyl groups is 1. The van der Waals surface area contributed by atoms with Gasteiger partial charge in [0.1, 0.15) is 65.6 Å². The van der Waals surface area contributed by atoms with Crippen LogP contribution in [0.3, 0.4) is 0 Å². The van der Waals surface area contributed by atoms with Gasteiger partial charge in [0.2, 0.25) is 5.78 Å². The maximum absolute atomic E-state index is 13.9. The van der Waals surface area contributed by atoms with Crippen molar-refractivity contribution in [2.75, 3.05) is 13.2 Å². The van der Waals surface area contributed by atoms with Crippen LogP contribution in [0.15, 0.2) is 64.8 Å². The van der Waals surface area contributed by atoms with Crippen LogP contribution in [-0.4, -0.2) is 135 Å². The zero-order chi connectivity index (χ0) is 31.1. The van der Waals surface area contributed by atoms with Gasteiger partial charge >= 0.3 is 0 Å². The van der Waals surface area contributed by atoms with E-state index in [2.05, 4.69) is 5.32 Å². The van der Waals surface area contributed by atoms with Gasteiger partial charge in [0, 0.05) is 5.57 Å². The third kappa shape index (κ3) is 5.22. The van der Waals surface area contributed by atoms with Gasteiger partial charge in [-0.15, -0.1) is 0 Å². The van der Waals surface area contributed by atoms with Crippen molar-refractivity contribution in [3.63, 3.8) is 0 Å². The van der Waals surface area contributed by atoms with Crippen LogP contribution < -0.4 is 5.32 Å². The number of benzene rings is 1. The monoisotopic (exact) mass is 593 g/mol. The number of hydrogen-bond donors (Lipinski definition) is 12. The first-order valence-electron chi connectivity index (χ1n) is 12.7. The fourth-order valence-electron chi connectivity index (χ4n) is 5.07. The van der Waals surface area contributed by atoms with E-state index in [9.17, 15) is 65.8 Å². The minimum absolute atomic E-state index is 0.0525. The number of ether oxygens (including phenoxy) is 1. The number of hydrogen-bond acceptors (Lipinski definition) is 15. The Bertz CT molecular complexity index is 1350. The van der Waals surface area contributed by atoms with Gasteiger partial charge in [-0.1, -0.05) is 18.2 Å². The summed E-state index contributed by atoms with van der Waals surface area (Å²) in [6.45, 7) is -1.69. The fourth-order valence-corrected chi connectivity index (χ4v) is 5.07. The Labute approximate surface area is 237 Å². The van der Waals surface area contributed by atoms with Crippen molar-refractivity contribution < 1.29 is 70.5 Å². The Balaban J connectivity index is 1.89. The van der Waals surface area contributed by atoms with Gasteiger partial charge in [-0.2, -0.15) is 0 Å². The molecule has 3 aliphatic rings. The predicted molar refractivity (Wildman–Crippen MR) is 139 cm³/mol. The lowest BCUT2D eigenvalue weighted by Gasteiger charge is -2.47. The van der Waals surface area contributed by atoms with E-state index in [-0.39, 0.29) is 5.75 Å². The summed E-state index contributed by atoms with van der Waals surface area (Å²) in [5.41, 5.74) is -5.57. The number of ketones is 2. The highest BCUT2D eigenvalue weighted by Gasteiger charge is 2.61. The zero-order valence-corrected chi connectivity index (χ0v) is 21.7. The number of rotatable bonds is 6. The predicted octanol–water partition coefficient (Wildman–Crippen LogP) is -3.68. The molecule has 12 N–H and O–H groups in total. The number of phenolic OH excluding ortho intramolecular Hbond substituents is 1. The molecule has 15 nitrogen and oxygen atoms in total. The third-order valence-corrected chi connectivity index (χ3v) is 7.47. The number of Topliss-reactive ketones (excluding diaryl/α,β-unsaturated/α-hetero) is 1. The number of carbonyl (C=O) groups excluding carboxylic acids is 2. The molecule has 1 aromatic rings. The van der Waals surface area contributed by atoms with Gasteiger partial charge in [-0.25, -0.2) is 0 Å². The maximum atomic E-state index is 13.9. The summed E-state index contributed by atoms with van der Waals surface area (Å²) < 4.78 is 5.40. The van der Waals surface area contributed by atoms with Crippen LogP contribution in [0.25, 0.3) is 6.08 Å². The molecule has 4 rings (SSSR count). The second kappa shape index (κ2) is 11.9. The molecule has 0 bridgehead atoms. The Morgan fingerprint density at radius 1 is 0.929 bits per heavy atom. The zero-order valence-electron chi connectivity index (χ0n) is 21.7. The molecule has 228 valence electrons. The highest BCUT2D eigenvalue weighted by molar-refractivity contribution is 6.31. The van der Waals surface area contributed by atoms with E-state index in [0.717, 1.165) is 6.08 Å². The lowest BCUT2D eigenvalue weighted by molar-refractivity contribution is -0.259. The van der Waals surface area contributed by atoms with Crippen molar-refractivity contribution in [3.05, 3.63) is 70.3 Å². The Kier molecular flexibility index (Phi) is 8.89. The van der Waals surface area contributed by atoms with Gasteiger partial charge in [0.25, 0.3) is 0 Å². The molecule has 42 heavy (non-hydrogen) atoms. The molecule has 0 spiro atoms. The van der Waals surface area contributed by atoms with Crippen LogP contribution in [0.5, 0.6) is 5.75 Å². The van der Waals surface area contributed by atoms with Gasteiger partial charge in [0.15, 0.2) is 11.4 Å². The summed E-state index contributed by atoms with van der Waals surface area (Å²) in [7, 11) is 0. The van der Waals surface area contributed by atoms with Crippen LogP contribution in [0.4, 0.5) is 0 Å². The fraction of sp³-hybridized carbons (Fsp3) is 0.407. The summed E-state index contributed by atoms with van der Waals surface area (Å²) in [4.78, 5) is 27.0. The number of nitrogens with one attached hydrogen (secondary N) is 1. The maximum Gasteiger partial charge on any atom is 0.209 e. The molecular weight excluding hydrogens is 562 g/mol. The highest BCUT2D eigenvalue weighted by Crippen LogP contribution is 2.42. The molecule has 0 aromatic heterocycles. The summed E-state index contributed by atoms with van der Waals surface area (Å²) >= 11 is 0. The van der Waals surface area contributed by atoms with E-state index in [4.69, 9.17) is 4.74 Å². The van der Waals surface area contributed by atoms with E-state index >= 15 is 0 Å². The van der Waals surface area contributed by atoms with E-state index in [1.54, 1.807) is 0 Å². The Morgan fingerprint density at radius 3 is 2.14 bits per heavy atom. The Hall–Kier alpha value is -3.64. The molecule has 6 unspecified atom stereocenters. The van der Waals surface area contributed by atoms with E-state index < -0.39 is 108 Å². The third-order valence-electron chi connectivity index (χ3n) is 7.47. The number of phenols is 1. The largest absolute Gasteiger partial charge is 0.508 e. The number of aliphatic hydroxyl groups excluding tert-OH is 9. The molecule has 0 amide bonds. The van der Waals surface area contributed by atoms with Crippen molar-refractivity contribution in [3.8, 4) is 5.75 Å². The second-order valence-electron chi connectivity index (χ2n) is 10.1. The summed E-state index contributed by atoms with van der Waals surface area (Å²) in [5.74, 6) is -5.09. The van der Waals surface area contributed by atoms with Gasteiger partial charge < -0.3 is 66.2 Å². The first-order chi connectivity index (χ1) is 19.8. The number of aliphatic hydroxyl groups is 10. The SMILES string of the molecule is O=C1C=C(/C(O)=C2/NC(CO)C(O)C2O)C(O)([C@@H]2OC(CO)[C@@H](O)[C@H](O)C2O)C(=O)/C1=C(O)\C=C\c1ccc(O)cc1. The molecule has 9 atom stereocenters. The normalized spacial score (nSPS) is 38.0. The molecule has 15 heteroatoms. The summed E-state index contributed by atoms with van der Waals surface area (Å²) in [5, 5.41) is 117. The van der Waals surface area contributed by atoms with Gasteiger partial charge in [0.05, 0.1) is 25.0 Å². The van der Waals surface area contributed by atoms with Crippen LogP contribution >= 0.6 is 0 Å². The van der Waals surface area contributed by atoms with Crippen molar-refractivity contribution in [1.29, 1.82) is 0 Å². The van der Waals surface area contributed by atoms with Crippen molar-refractivity contribution in [1.82, 2.24) is 5.32 Å². The quantitative estimate of drug-likeness (QED) is 0.0860. The molecule has 1 aromatic carbocycles.